The van der Waals surface area contributed by atoms with Gasteiger partial charge in [-0.25, -0.2) is 0 Å². The fourth-order valence-electron chi connectivity index (χ4n) is 2.72. The summed E-state index contributed by atoms with van der Waals surface area (Å²) in [6.07, 6.45) is 2.13. The molecule has 0 unspecified atom stereocenters. The van der Waals surface area contributed by atoms with Crippen LogP contribution in [0.3, 0.4) is 0 Å². The van der Waals surface area contributed by atoms with Crippen LogP contribution in [-0.4, -0.2) is 20.8 Å². The fraction of sp³-hybridized carbons (Fsp3) is 0.263. The van der Waals surface area contributed by atoms with E-state index in [1.165, 1.54) is 16.7 Å². The minimum atomic E-state index is 0.571. The zero-order chi connectivity index (χ0) is 15.5. The number of benzene rings is 2. The van der Waals surface area contributed by atoms with Crippen molar-refractivity contribution in [2.75, 3.05) is 20.8 Å². The summed E-state index contributed by atoms with van der Waals surface area (Å²) < 4.78 is 16.5. The van der Waals surface area contributed by atoms with Crippen molar-refractivity contribution in [3.63, 3.8) is 0 Å². The third kappa shape index (κ3) is 2.72. The first kappa shape index (κ1) is 14.7. The topological polar surface area (TPSA) is 27.7 Å². The average molecular weight is 296 g/mol. The summed E-state index contributed by atoms with van der Waals surface area (Å²) in [7, 11) is 3.31. The number of hydrogen-bond donors (Lipinski definition) is 0. The molecule has 0 saturated carbocycles. The highest BCUT2D eigenvalue weighted by atomic mass is 16.5. The Bertz CT molecular complexity index is 699. The molecule has 1 heterocycles. The lowest BCUT2D eigenvalue weighted by Crippen LogP contribution is -1.99. The van der Waals surface area contributed by atoms with Gasteiger partial charge in [-0.15, -0.1) is 0 Å². The lowest BCUT2D eigenvalue weighted by molar-refractivity contribution is 0.150. The molecule has 0 N–H and O–H groups in total. The molecular formula is C19H20O3. The third-order valence-electron chi connectivity index (χ3n) is 3.93. The molecule has 0 bridgehead atoms. The number of hydrogen-bond acceptors (Lipinski definition) is 3. The van der Waals surface area contributed by atoms with Crippen molar-refractivity contribution in [1.29, 1.82) is 0 Å². The third-order valence-corrected chi connectivity index (χ3v) is 3.93. The van der Waals surface area contributed by atoms with E-state index in [4.69, 9.17) is 14.2 Å². The molecule has 1 aliphatic heterocycles. The molecule has 0 aliphatic carbocycles. The van der Waals surface area contributed by atoms with Gasteiger partial charge in [0.25, 0.3) is 0 Å². The Morgan fingerprint density at radius 1 is 0.955 bits per heavy atom. The molecule has 3 rings (SSSR count). The van der Waals surface area contributed by atoms with Crippen molar-refractivity contribution in [3.05, 3.63) is 64.7 Å². The summed E-state index contributed by atoms with van der Waals surface area (Å²) in [6.45, 7) is 3.26. The van der Waals surface area contributed by atoms with Crippen molar-refractivity contribution >= 4 is 5.57 Å². The van der Waals surface area contributed by atoms with Gasteiger partial charge in [-0.3, -0.25) is 0 Å². The molecule has 3 nitrogen and oxygen atoms in total. The highest BCUT2D eigenvalue weighted by Crippen LogP contribution is 2.37. The molecular weight excluding hydrogens is 276 g/mol. The van der Waals surface area contributed by atoms with Crippen molar-refractivity contribution in [2.24, 2.45) is 0 Å². The predicted octanol–water partition coefficient (Wildman–Crippen LogP) is 3.97. The highest BCUT2D eigenvalue weighted by molar-refractivity contribution is 5.83. The first-order chi connectivity index (χ1) is 10.7. The van der Waals surface area contributed by atoms with Crippen molar-refractivity contribution in [1.82, 2.24) is 0 Å². The van der Waals surface area contributed by atoms with Crippen LogP contribution in [0, 0.1) is 6.92 Å². The molecule has 0 aromatic heterocycles. The van der Waals surface area contributed by atoms with E-state index in [-0.39, 0.29) is 0 Å². The van der Waals surface area contributed by atoms with E-state index in [1.807, 2.05) is 12.1 Å². The second kappa shape index (κ2) is 6.24. The van der Waals surface area contributed by atoms with Gasteiger partial charge in [0.2, 0.25) is 0 Å². The van der Waals surface area contributed by atoms with Gasteiger partial charge in [-0.2, -0.15) is 0 Å². The number of methoxy groups -OCH3 is 2. The van der Waals surface area contributed by atoms with Gasteiger partial charge in [-0.05, 0) is 41.3 Å². The van der Waals surface area contributed by atoms with Gasteiger partial charge in [0.15, 0.2) is 11.5 Å². The smallest absolute Gasteiger partial charge is 0.161 e. The Hall–Kier alpha value is -2.26. The van der Waals surface area contributed by atoms with E-state index >= 15 is 0 Å². The Morgan fingerprint density at radius 2 is 1.64 bits per heavy atom. The normalized spacial score (nSPS) is 13.9. The molecule has 0 radical (unpaired) electrons. The van der Waals surface area contributed by atoms with Crippen molar-refractivity contribution < 1.29 is 14.2 Å². The molecule has 0 amide bonds. The summed E-state index contributed by atoms with van der Waals surface area (Å²) >= 11 is 0. The maximum absolute atomic E-state index is 5.70. The van der Waals surface area contributed by atoms with E-state index in [0.717, 1.165) is 22.6 Å². The first-order valence-corrected chi connectivity index (χ1v) is 7.33. The zero-order valence-corrected chi connectivity index (χ0v) is 13.2. The largest absolute Gasteiger partial charge is 0.493 e. The fourth-order valence-corrected chi connectivity index (χ4v) is 2.72. The molecule has 0 saturated heterocycles. The molecule has 0 fully saturated rings. The Morgan fingerprint density at radius 3 is 2.32 bits per heavy atom. The van der Waals surface area contributed by atoms with Gasteiger partial charge in [0.1, 0.15) is 0 Å². The quantitative estimate of drug-likeness (QED) is 0.857. The van der Waals surface area contributed by atoms with E-state index in [9.17, 15) is 0 Å². The maximum atomic E-state index is 5.70. The van der Waals surface area contributed by atoms with Gasteiger partial charge in [0, 0.05) is 0 Å². The Balaban J connectivity index is 2.14. The van der Waals surface area contributed by atoms with E-state index in [1.54, 1.807) is 14.2 Å². The standard InChI is InChI=1S/C19H20O3/c1-13-4-6-14(7-5-13)16-8-9-22-12-15-10-18(20-2)19(21-3)11-17(15)16/h4-8,10-11H,9,12H2,1-3H3. The van der Waals surface area contributed by atoms with Crippen LogP contribution < -0.4 is 9.47 Å². The van der Waals surface area contributed by atoms with Crippen LogP contribution in [0.2, 0.25) is 0 Å². The van der Waals surface area contributed by atoms with Crippen LogP contribution in [0.1, 0.15) is 22.3 Å². The van der Waals surface area contributed by atoms with Crippen molar-refractivity contribution in [2.45, 2.75) is 13.5 Å². The van der Waals surface area contributed by atoms with Gasteiger partial charge in [-0.1, -0.05) is 35.9 Å². The summed E-state index contributed by atoms with van der Waals surface area (Å²) in [5.41, 5.74) is 5.86. The monoisotopic (exact) mass is 296 g/mol. The highest BCUT2D eigenvalue weighted by Gasteiger charge is 2.17. The Labute approximate surface area is 131 Å². The van der Waals surface area contributed by atoms with Gasteiger partial charge < -0.3 is 14.2 Å². The molecule has 0 atom stereocenters. The summed E-state index contributed by atoms with van der Waals surface area (Å²) in [6, 6.07) is 12.6. The van der Waals surface area contributed by atoms with Crippen LogP contribution in [0.25, 0.3) is 5.57 Å². The molecule has 3 heteroatoms. The number of fused-ring (bicyclic) bond motifs is 1. The number of aryl methyl sites for hydroxylation is 1. The zero-order valence-electron chi connectivity index (χ0n) is 13.2. The van der Waals surface area contributed by atoms with Crippen LogP contribution in [0.4, 0.5) is 0 Å². The lowest BCUT2D eigenvalue weighted by atomic mass is 9.93. The predicted molar refractivity (Wildman–Crippen MR) is 87.5 cm³/mol. The number of rotatable bonds is 3. The average Bonchev–Trinajstić information content (AvgIpc) is 2.76. The summed E-state index contributed by atoms with van der Waals surface area (Å²) in [4.78, 5) is 0. The van der Waals surface area contributed by atoms with Gasteiger partial charge in [0.05, 0.1) is 27.4 Å². The van der Waals surface area contributed by atoms with Crippen molar-refractivity contribution in [3.8, 4) is 11.5 Å². The second-order valence-electron chi connectivity index (χ2n) is 5.36. The SMILES string of the molecule is COc1cc2c(cc1OC)C(c1ccc(C)cc1)=CCOC2. The second-order valence-corrected chi connectivity index (χ2v) is 5.36. The van der Waals surface area contributed by atoms with E-state index < -0.39 is 0 Å². The van der Waals surface area contributed by atoms with Gasteiger partial charge >= 0.3 is 0 Å². The molecule has 114 valence electrons. The maximum Gasteiger partial charge on any atom is 0.161 e. The summed E-state index contributed by atoms with van der Waals surface area (Å²) in [5, 5.41) is 0. The summed E-state index contributed by atoms with van der Waals surface area (Å²) in [5.74, 6) is 1.47. The molecule has 22 heavy (non-hydrogen) atoms. The van der Waals surface area contributed by atoms with Crippen LogP contribution in [-0.2, 0) is 11.3 Å². The lowest BCUT2D eigenvalue weighted by Gasteiger charge is -2.15. The molecule has 2 aromatic carbocycles. The van der Waals surface area contributed by atoms with Crippen LogP contribution in [0.15, 0.2) is 42.5 Å². The van der Waals surface area contributed by atoms with E-state index in [2.05, 4.69) is 37.3 Å². The molecule has 2 aromatic rings. The first-order valence-electron chi connectivity index (χ1n) is 7.33. The Kier molecular flexibility index (Phi) is 4.16. The minimum Gasteiger partial charge on any atom is -0.493 e. The molecule has 1 aliphatic rings. The van der Waals surface area contributed by atoms with Crippen LogP contribution in [0.5, 0.6) is 11.5 Å². The van der Waals surface area contributed by atoms with Crippen LogP contribution >= 0.6 is 0 Å². The van der Waals surface area contributed by atoms with E-state index in [0.29, 0.717) is 13.2 Å². The molecule has 0 spiro atoms. The number of ether oxygens (including phenoxy) is 3. The minimum absolute atomic E-state index is 0.571.